The van der Waals surface area contributed by atoms with Gasteiger partial charge in [0.15, 0.2) is 5.76 Å². The Labute approximate surface area is 147 Å². The van der Waals surface area contributed by atoms with Crippen LogP contribution < -0.4 is 5.56 Å². The average Bonchev–Trinajstić information content (AvgIpc) is 3.01. The number of aromatic nitrogens is 2. The molecular weight excluding hydrogens is 340 g/mol. The molecule has 0 aliphatic heterocycles. The number of halogens is 1. The van der Waals surface area contributed by atoms with Crippen molar-refractivity contribution in [3.05, 3.63) is 69.6 Å². The monoisotopic (exact) mass is 351 g/mol. The van der Waals surface area contributed by atoms with Gasteiger partial charge in [-0.2, -0.15) is 0 Å². The Bertz CT molecular complexity index is 1150. The van der Waals surface area contributed by atoms with Crippen LogP contribution in [0.2, 0.25) is 5.02 Å². The molecule has 2 aromatic heterocycles. The van der Waals surface area contributed by atoms with Crippen LogP contribution in [0.1, 0.15) is 5.69 Å². The maximum atomic E-state index is 12.4. The van der Waals surface area contributed by atoms with Gasteiger partial charge in [-0.05, 0) is 30.7 Å². The summed E-state index contributed by atoms with van der Waals surface area (Å²) in [6.45, 7) is 1.74. The molecule has 123 valence electrons. The molecule has 2 heterocycles. The molecule has 0 atom stereocenters. The normalized spacial score (nSPS) is 11.1. The smallest absolute Gasteiger partial charge is 0.263 e. The van der Waals surface area contributed by atoms with Crippen LogP contribution in [0.15, 0.2) is 51.8 Å². The number of aromatic hydroxyl groups is 1. The first-order valence-electron chi connectivity index (χ1n) is 7.53. The number of aryl methyl sites for hydroxylation is 1. The average molecular weight is 352 g/mol. The molecule has 4 rings (SSSR count). The summed E-state index contributed by atoms with van der Waals surface area (Å²) in [6, 6.07) is 15.2. The van der Waals surface area contributed by atoms with E-state index in [1.807, 2.05) is 12.1 Å². The fourth-order valence-corrected chi connectivity index (χ4v) is 3.07. The molecule has 6 heteroatoms. The number of nitrogens with one attached hydrogen (secondary N) is 1. The van der Waals surface area contributed by atoms with Crippen molar-refractivity contribution in [2.75, 3.05) is 0 Å². The highest BCUT2D eigenvalue weighted by Crippen LogP contribution is 2.37. The third-order valence-electron chi connectivity index (χ3n) is 3.98. The molecule has 5 nitrogen and oxygen atoms in total. The van der Waals surface area contributed by atoms with E-state index in [0.717, 1.165) is 11.1 Å². The predicted octanol–water partition coefficient (Wildman–Crippen LogP) is 4.32. The van der Waals surface area contributed by atoms with Crippen LogP contribution in [-0.4, -0.2) is 15.2 Å². The molecule has 4 aromatic rings. The number of nitrogens with zero attached hydrogens (tertiary/aromatic N) is 1. The molecule has 0 spiro atoms. The van der Waals surface area contributed by atoms with Crippen molar-refractivity contribution in [3.63, 3.8) is 0 Å². The van der Waals surface area contributed by atoms with Crippen LogP contribution in [0.3, 0.4) is 0 Å². The quantitative estimate of drug-likeness (QED) is 0.563. The number of hydrogen-bond donors (Lipinski definition) is 2. The third-order valence-corrected chi connectivity index (χ3v) is 4.29. The zero-order chi connectivity index (χ0) is 17.6. The van der Waals surface area contributed by atoms with Crippen LogP contribution in [-0.2, 0) is 0 Å². The van der Waals surface area contributed by atoms with E-state index in [0.29, 0.717) is 21.6 Å². The standard InChI is InChI=1S/C19H12ClN2O3/c1-10-7-16(25-22-10)17-18(23)13-8-12(11-5-3-2-4-6-11)14(20)9-15(13)21-19(17)24/h3-9H,1H3,(H2,21,23,24). The SMILES string of the molecule is Cc1cc(-c2c(O)c3cc(-c4cc[c]cc4)c(Cl)cc3[nH]c2=O)on1. The van der Waals surface area contributed by atoms with Crippen molar-refractivity contribution in [1.82, 2.24) is 10.1 Å². The largest absolute Gasteiger partial charge is 0.506 e. The minimum absolute atomic E-state index is 0.0442. The van der Waals surface area contributed by atoms with Gasteiger partial charge < -0.3 is 14.6 Å². The Morgan fingerprint density at radius 1 is 1.24 bits per heavy atom. The zero-order valence-electron chi connectivity index (χ0n) is 13.1. The van der Waals surface area contributed by atoms with E-state index in [9.17, 15) is 9.90 Å². The molecule has 25 heavy (non-hydrogen) atoms. The molecule has 2 N–H and O–H groups in total. The summed E-state index contributed by atoms with van der Waals surface area (Å²) >= 11 is 6.36. The second kappa shape index (κ2) is 5.79. The number of hydrogen-bond acceptors (Lipinski definition) is 4. The first-order chi connectivity index (χ1) is 12.0. The van der Waals surface area contributed by atoms with Gasteiger partial charge in [-0.3, -0.25) is 4.79 Å². The highest BCUT2D eigenvalue weighted by molar-refractivity contribution is 6.34. The summed E-state index contributed by atoms with van der Waals surface area (Å²) in [4.78, 5) is 15.1. The number of benzene rings is 2. The molecule has 2 aromatic carbocycles. The van der Waals surface area contributed by atoms with E-state index in [2.05, 4.69) is 16.2 Å². The predicted molar refractivity (Wildman–Crippen MR) is 95.7 cm³/mol. The van der Waals surface area contributed by atoms with Crippen LogP contribution in [0.4, 0.5) is 0 Å². The van der Waals surface area contributed by atoms with E-state index in [1.165, 1.54) is 0 Å². The first kappa shape index (κ1) is 15.5. The Hall–Kier alpha value is -3.05. The Kier molecular flexibility index (Phi) is 3.58. The lowest BCUT2D eigenvalue weighted by atomic mass is 10.0. The lowest BCUT2D eigenvalue weighted by molar-refractivity contribution is 0.421. The van der Waals surface area contributed by atoms with Crippen molar-refractivity contribution in [2.24, 2.45) is 0 Å². The van der Waals surface area contributed by atoms with E-state index in [1.54, 1.807) is 37.3 Å². The highest BCUT2D eigenvalue weighted by atomic mass is 35.5. The molecule has 0 fully saturated rings. The van der Waals surface area contributed by atoms with Crippen LogP contribution in [0.25, 0.3) is 33.4 Å². The number of aromatic amines is 1. The maximum absolute atomic E-state index is 12.4. The lowest BCUT2D eigenvalue weighted by Gasteiger charge is -2.10. The van der Waals surface area contributed by atoms with Crippen molar-refractivity contribution in [1.29, 1.82) is 0 Å². The topological polar surface area (TPSA) is 79.1 Å². The van der Waals surface area contributed by atoms with Crippen molar-refractivity contribution in [3.8, 4) is 28.2 Å². The van der Waals surface area contributed by atoms with Gasteiger partial charge in [0.2, 0.25) is 0 Å². The summed E-state index contributed by atoms with van der Waals surface area (Å²) in [5.41, 5.74) is 2.26. The van der Waals surface area contributed by atoms with E-state index < -0.39 is 5.56 Å². The summed E-state index contributed by atoms with van der Waals surface area (Å²) in [6.07, 6.45) is 0. The molecule has 0 unspecified atom stereocenters. The summed E-state index contributed by atoms with van der Waals surface area (Å²) in [5, 5.41) is 15.4. The van der Waals surface area contributed by atoms with Crippen molar-refractivity contribution < 1.29 is 9.63 Å². The second-order valence-corrected chi connectivity index (χ2v) is 6.08. The molecule has 0 aliphatic rings. The minimum Gasteiger partial charge on any atom is -0.506 e. The molecule has 0 bridgehead atoms. The van der Waals surface area contributed by atoms with Gasteiger partial charge in [0.05, 0.1) is 16.2 Å². The van der Waals surface area contributed by atoms with E-state index in [-0.39, 0.29) is 17.1 Å². The fraction of sp³-hybridized carbons (Fsp3) is 0.0526. The number of rotatable bonds is 2. The fourth-order valence-electron chi connectivity index (χ4n) is 2.80. The minimum atomic E-state index is -0.473. The second-order valence-electron chi connectivity index (χ2n) is 5.68. The summed E-state index contributed by atoms with van der Waals surface area (Å²) in [7, 11) is 0. The molecular formula is C19H12ClN2O3. The Morgan fingerprint density at radius 3 is 2.68 bits per heavy atom. The van der Waals surface area contributed by atoms with Gasteiger partial charge in [-0.15, -0.1) is 0 Å². The summed E-state index contributed by atoms with van der Waals surface area (Å²) < 4.78 is 5.14. The first-order valence-corrected chi connectivity index (χ1v) is 7.91. The highest BCUT2D eigenvalue weighted by Gasteiger charge is 2.19. The van der Waals surface area contributed by atoms with Crippen LogP contribution >= 0.6 is 11.6 Å². The number of fused-ring (bicyclic) bond motifs is 1. The van der Waals surface area contributed by atoms with Crippen LogP contribution in [0.5, 0.6) is 5.75 Å². The Morgan fingerprint density at radius 2 is 2.00 bits per heavy atom. The summed E-state index contributed by atoms with van der Waals surface area (Å²) in [5.74, 6) is 0.0410. The van der Waals surface area contributed by atoms with Crippen LogP contribution in [0, 0.1) is 13.0 Å². The van der Waals surface area contributed by atoms with Gasteiger partial charge in [0.1, 0.15) is 11.3 Å². The lowest BCUT2D eigenvalue weighted by Crippen LogP contribution is -2.09. The van der Waals surface area contributed by atoms with Gasteiger partial charge in [-0.25, -0.2) is 0 Å². The maximum Gasteiger partial charge on any atom is 0.263 e. The van der Waals surface area contributed by atoms with Gasteiger partial charge in [-0.1, -0.05) is 41.0 Å². The molecule has 0 saturated carbocycles. The number of H-pyrrole nitrogens is 1. The molecule has 1 radical (unpaired) electrons. The molecule has 0 aliphatic carbocycles. The van der Waals surface area contributed by atoms with E-state index in [4.69, 9.17) is 16.1 Å². The van der Waals surface area contributed by atoms with Gasteiger partial charge in [0, 0.05) is 17.0 Å². The third kappa shape index (κ3) is 2.58. The number of pyridine rings is 1. The molecule has 0 amide bonds. The Balaban J connectivity index is 2.02. The van der Waals surface area contributed by atoms with Crippen molar-refractivity contribution >= 4 is 22.5 Å². The van der Waals surface area contributed by atoms with Gasteiger partial charge >= 0.3 is 0 Å². The zero-order valence-corrected chi connectivity index (χ0v) is 13.9. The molecule has 0 saturated heterocycles. The van der Waals surface area contributed by atoms with Gasteiger partial charge in [0.25, 0.3) is 5.56 Å². The van der Waals surface area contributed by atoms with Crippen molar-refractivity contribution in [2.45, 2.75) is 6.92 Å². The van der Waals surface area contributed by atoms with E-state index >= 15 is 0 Å².